The number of hydrogen-bond acceptors (Lipinski definition) is 8. The zero-order chi connectivity index (χ0) is 14.5. The number of hydroxylamine groups is 2. The predicted molar refractivity (Wildman–Crippen MR) is 57.9 cm³/mol. The molecule has 0 aromatic carbocycles. The topological polar surface area (TPSA) is 168 Å². The minimum atomic E-state index is -3.03. The molecule has 18 heavy (non-hydrogen) atoms. The Kier molecular flexibility index (Phi) is 6.35. The second kappa shape index (κ2) is 6.75. The molecule has 0 fully saturated rings. The monoisotopic (exact) mass is 266 g/mol. The van der Waals surface area contributed by atoms with Gasteiger partial charge in [-0.2, -0.15) is 0 Å². The standard InChI is InChI=1S/C9H18N2O7/c1-2-3-11(18)8(16)9(10,17)7(15)6(14)5(13)4-12/h2,5-7,12-15,17-18H,1,3-4,10H2/t5-,6-,7+,9-/m1/s1. The summed E-state index contributed by atoms with van der Waals surface area (Å²) in [5.41, 5.74) is 2.06. The summed E-state index contributed by atoms with van der Waals surface area (Å²) >= 11 is 0. The highest BCUT2D eigenvalue weighted by atomic mass is 16.5. The highest BCUT2D eigenvalue weighted by Crippen LogP contribution is 2.13. The Bertz CT molecular complexity index is 297. The van der Waals surface area contributed by atoms with Crippen LogP contribution in [-0.4, -0.2) is 78.9 Å². The Hall–Kier alpha value is -1.07. The van der Waals surface area contributed by atoms with E-state index < -0.39 is 36.6 Å². The van der Waals surface area contributed by atoms with Gasteiger partial charge in [0.25, 0.3) is 5.91 Å². The minimum absolute atomic E-state index is 0.0196. The van der Waals surface area contributed by atoms with Crippen LogP contribution in [0, 0.1) is 0 Å². The number of rotatable bonds is 7. The number of amides is 1. The van der Waals surface area contributed by atoms with Crippen molar-refractivity contribution in [3.8, 4) is 0 Å². The largest absolute Gasteiger partial charge is 0.394 e. The summed E-state index contributed by atoms with van der Waals surface area (Å²) in [6.07, 6.45) is -5.08. The third-order valence-corrected chi connectivity index (χ3v) is 2.23. The van der Waals surface area contributed by atoms with Gasteiger partial charge in [-0.1, -0.05) is 6.08 Å². The van der Waals surface area contributed by atoms with Crippen LogP contribution in [0.1, 0.15) is 0 Å². The first kappa shape index (κ1) is 16.9. The third kappa shape index (κ3) is 3.71. The number of nitrogens with two attached hydrogens (primary N) is 1. The molecule has 0 saturated carbocycles. The van der Waals surface area contributed by atoms with Crippen LogP contribution in [0.25, 0.3) is 0 Å². The summed E-state index contributed by atoms with van der Waals surface area (Å²) in [7, 11) is 0. The van der Waals surface area contributed by atoms with E-state index in [4.69, 9.17) is 21.2 Å². The summed E-state index contributed by atoms with van der Waals surface area (Å²) in [5, 5.41) is 55.0. The van der Waals surface area contributed by atoms with E-state index in [-0.39, 0.29) is 11.6 Å². The molecule has 0 saturated heterocycles. The van der Waals surface area contributed by atoms with Crippen molar-refractivity contribution in [2.45, 2.75) is 24.0 Å². The smallest absolute Gasteiger partial charge is 0.296 e. The van der Waals surface area contributed by atoms with E-state index in [1.165, 1.54) is 0 Å². The summed E-state index contributed by atoms with van der Waals surface area (Å²) in [5.74, 6) is -1.50. The lowest BCUT2D eigenvalue weighted by atomic mass is 9.97. The van der Waals surface area contributed by atoms with E-state index in [0.29, 0.717) is 0 Å². The summed E-state index contributed by atoms with van der Waals surface area (Å²) in [4.78, 5) is 11.4. The van der Waals surface area contributed by atoms with Gasteiger partial charge < -0.3 is 25.5 Å². The Morgan fingerprint density at radius 3 is 2.33 bits per heavy atom. The van der Waals surface area contributed by atoms with Crippen molar-refractivity contribution < 1.29 is 35.5 Å². The molecule has 0 rings (SSSR count). The normalized spacial score (nSPS) is 19.5. The van der Waals surface area contributed by atoms with Gasteiger partial charge in [-0.15, -0.1) is 6.58 Å². The van der Waals surface area contributed by atoms with Crippen LogP contribution in [0.3, 0.4) is 0 Å². The van der Waals surface area contributed by atoms with Crippen LogP contribution in [0.2, 0.25) is 0 Å². The number of carbonyl (C=O) groups excluding carboxylic acids is 1. The van der Waals surface area contributed by atoms with Crippen molar-refractivity contribution in [3.05, 3.63) is 12.7 Å². The van der Waals surface area contributed by atoms with Crippen LogP contribution in [-0.2, 0) is 4.79 Å². The minimum Gasteiger partial charge on any atom is -0.394 e. The Balaban J connectivity index is 4.89. The molecule has 0 heterocycles. The van der Waals surface area contributed by atoms with Gasteiger partial charge in [-0.25, -0.2) is 5.06 Å². The van der Waals surface area contributed by atoms with E-state index in [0.717, 1.165) is 6.08 Å². The van der Waals surface area contributed by atoms with Gasteiger partial charge in [0.15, 0.2) is 0 Å². The highest BCUT2D eigenvalue weighted by molar-refractivity contribution is 5.84. The van der Waals surface area contributed by atoms with Gasteiger partial charge in [0.05, 0.1) is 13.2 Å². The van der Waals surface area contributed by atoms with Crippen molar-refractivity contribution in [3.63, 3.8) is 0 Å². The van der Waals surface area contributed by atoms with E-state index in [2.05, 4.69) is 6.58 Å². The Labute approximate surface area is 103 Å². The van der Waals surface area contributed by atoms with Crippen LogP contribution >= 0.6 is 0 Å². The lowest BCUT2D eigenvalue weighted by Crippen LogP contribution is -2.66. The number of hydrogen-bond donors (Lipinski definition) is 7. The molecule has 0 aliphatic heterocycles. The van der Waals surface area contributed by atoms with Crippen molar-refractivity contribution in [2.75, 3.05) is 13.2 Å². The zero-order valence-electron chi connectivity index (χ0n) is 9.55. The van der Waals surface area contributed by atoms with Gasteiger partial charge in [-0.3, -0.25) is 15.7 Å². The van der Waals surface area contributed by atoms with Gasteiger partial charge in [0.2, 0.25) is 5.72 Å². The second-order valence-electron chi connectivity index (χ2n) is 3.69. The molecule has 9 nitrogen and oxygen atoms in total. The van der Waals surface area contributed by atoms with Crippen LogP contribution < -0.4 is 5.73 Å². The molecule has 0 spiro atoms. The van der Waals surface area contributed by atoms with Crippen molar-refractivity contribution in [1.82, 2.24) is 5.06 Å². The number of aliphatic hydroxyl groups is 5. The maximum Gasteiger partial charge on any atom is 0.296 e. The fourth-order valence-electron chi connectivity index (χ4n) is 1.12. The van der Waals surface area contributed by atoms with E-state index in [1.54, 1.807) is 0 Å². The second-order valence-corrected chi connectivity index (χ2v) is 3.69. The highest BCUT2D eigenvalue weighted by Gasteiger charge is 2.47. The number of nitrogens with zero attached hydrogens (tertiary/aromatic N) is 1. The molecule has 4 atom stereocenters. The van der Waals surface area contributed by atoms with Crippen LogP contribution in [0.5, 0.6) is 0 Å². The molecule has 0 radical (unpaired) electrons. The fraction of sp³-hybridized carbons (Fsp3) is 0.667. The first-order valence-corrected chi connectivity index (χ1v) is 4.98. The quantitative estimate of drug-likeness (QED) is 0.106. The van der Waals surface area contributed by atoms with Crippen molar-refractivity contribution in [1.29, 1.82) is 0 Å². The number of aliphatic hydroxyl groups excluding tert-OH is 4. The first-order valence-electron chi connectivity index (χ1n) is 4.98. The van der Waals surface area contributed by atoms with Gasteiger partial charge in [0.1, 0.15) is 18.3 Å². The molecular formula is C9H18N2O7. The van der Waals surface area contributed by atoms with Gasteiger partial charge in [0, 0.05) is 0 Å². The molecule has 8 N–H and O–H groups in total. The van der Waals surface area contributed by atoms with Crippen LogP contribution in [0.4, 0.5) is 0 Å². The van der Waals surface area contributed by atoms with Crippen molar-refractivity contribution in [2.24, 2.45) is 5.73 Å². The first-order chi connectivity index (χ1) is 8.19. The molecule has 0 bridgehead atoms. The molecule has 0 aromatic rings. The molecule has 9 heteroatoms. The maximum absolute atomic E-state index is 11.4. The fourth-order valence-corrected chi connectivity index (χ4v) is 1.12. The lowest BCUT2D eigenvalue weighted by molar-refractivity contribution is -0.207. The third-order valence-electron chi connectivity index (χ3n) is 2.23. The molecule has 0 aliphatic carbocycles. The van der Waals surface area contributed by atoms with E-state index >= 15 is 0 Å². The van der Waals surface area contributed by atoms with E-state index in [9.17, 15) is 20.1 Å². The average Bonchev–Trinajstić information content (AvgIpc) is 2.34. The maximum atomic E-state index is 11.4. The summed E-state index contributed by atoms with van der Waals surface area (Å²) in [6.45, 7) is 1.94. The molecule has 0 aliphatic rings. The average molecular weight is 266 g/mol. The van der Waals surface area contributed by atoms with Gasteiger partial charge >= 0.3 is 0 Å². The molecule has 0 aromatic heterocycles. The summed E-state index contributed by atoms with van der Waals surface area (Å²) in [6, 6.07) is 0. The van der Waals surface area contributed by atoms with E-state index in [1.807, 2.05) is 0 Å². The predicted octanol–water partition coefficient (Wildman–Crippen LogP) is -3.89. The van der Waals surface area contributed by atoms with Crippen molar-refractivity contribution >= 4 is 5.91 Å². The Morgan fingerprint density at radius 1 is 1.44 bits per heavy atom. The van der Waals surface area contributed by atoms with Crippen LogP contribution in [0.15, 0.2) is 12.7 Å². The molecule has 1 amide bonds. The molecule has 106 valence electrons. The lowest BCUT2D eigenvalue weighted by Gasteiger charge is -2.33. The SMILES string of the molecule is C=CCN(O)C(=O)[C@](N)(O)[C@@H](O)[C@H](O)[C@H](O)CO. The van der Waals surface area contributed by atoms with Gasteiger partial charge in [-0.05, 0) is 0 Å². The molecule has 0 unspecified atom stereocenters. The Morgan fingerprint density at radius 2 is 1.94 bits per heavy atom. The summed E-state index contributed by atoms with van der Waals surface area (Å²) < 4.78 is 0. The number of carbonyl (C=O) groups is 1. The zero-order valence-corrected chi connectivity index (χ0v) is 9.55. The molecular weight excluding hydrogens is 248 g/mol.